The number of ether oxygens (including phenoxy) is 4. The van der Waals surface area contributed by atoms with Gasteiger partial charge in [-0.2, -0.15) is 0 Å². The molecule has 2 heterocycles. The topological polar surface area (TPSA) is 256 Å². The van der Waals surface area contributed by atoms with Gasteiger partial charge < -0.3 is 70.0 Å². The highest BCUT2D eigenvalue weighted by molar-refractivity contribution is 5.97. The quantitative estimate of drug-likeness (QED) is 0.135. The molecule has 15 heteroatoms. The van der Waals surface area contributed by atoms with E-state index in [1.807, 2.05) is 0 Å². The van der Waals surface area contributed by atoms with Crippen molar-refractivity contribution in [3.63, 3.8) is 0 Å². The average Bonchev–Trinajstić information content (AvgIpc) is 3.36. The molecular weight excluding hydrogens is 468 g/mol. The van der Waals surface area contributed by atoms with Gasteiger partial charge in [-0.3, -0.25) is 4.79 Å². The molecule has 10 atom stereocenters. The lowest BCUT2D eigenvalue weighted by Gasteiger charge is -2.32. The Hall–Kier alpha value is -1.47. The highest BCUT2D eigenvalue weighted by Crippen LogP contribution is 2.40. The van der Waals surface area contributed by atoms with E-state index >= 15 is 0 Å². The van der Waals surface area contributed by atoms with Gasteiger partial charge in [0.15, 0.2) is 0 Å². The third-order valence-corrected chi connectivity index (χ3v) is 6.29. The summed E-state index contributed by atoms with van der Waals surface area (Å²) in [6.07, 6.45) is -11.9. The zero-order valence-electron chi connectivity index (χ0n) is 17.9. The van der Waals surface area contributed by atoms with Crippen LogP contribution in [0.4, 0.5) is 0 Å². The Labute approximate surface area is 192 Å². The van der Waals surface area contributed by atoms with E-state index in [0.717, 1.165) is 0 Å². The Balaban J connectivity index is 1.76. The minimum Gasteiger partial charge on any atom is -0.508 e. The molecule has 0 saturated carbocycles. The van der Waals surface area contributed by atoms with Gasteiger partial charge in [-0.05, 0) is 0 Å². The summed E-state index contributed by atoms with van der Waals surface area (Å²) in [6, 6.07) is 0. The van der Waals surface area contributed by atoms with E-state index in [9.17, 15) is 50.8 Å². The number of hydrogen-bond acceptors (Lipinski definition) is 15. The molecule has 10 N–H and O–H groups in total. The van der Waals surface area contributed by atoms with Crippen LogP contribution in [0.25, 0.3) is 0 Å². The van der Waals surface area contributed by atoms with Crippen molar-refractivity contribution in [1.29, 1.82) is 0 Å². The third kappa shape index (κ3) is 4.43. The molecule has 0 spiro atoms. The molecule has 0 bridgehead atoms. The molecule has 196 valence electrons. The van der Waals surface area contributed by atoms with E-state index in [1.54, 1.807) is 0 Å². The first-order chi connectivity index (χ1) is 16.0. The van der Waals surface area contributed by atoms with Crippen molar-refractivity contribution in [1.82, 2.24) is 0 Å². The van der Waals surface area contributed by atoms with Gasteiger partial charge in [-0.1, -0.05) is 0 Å². The predicted octanol–water partition coefficient (Wildman–Crippen LogP) is -5.66. The maximum absolute atomic E-state index is 12.3. The summed E-state index contributed by atoms with van der Waals surface area (Å²) < 4.78 is 21.3. The summed E-state index contributed by atoms with van der Waals surface area (Å²) in [5.41, 5.74) is 0. The lowest BCUT2D eigenvalue weighted by molar-refractivity contribution is -0.298. The molecule has 2 fully saturated rings. The van der Waals surface area contributed by atoms with Gasteiger partial charge in [-0.25, -0.2) is 0 Å². The largest absolute Gasteiger partial charge is 0.508 e. The van der Waals surface area contributed by atoms with Gasteiger partial charge in [0.1, 0.15) is 55.6 Å². The number of hydrogen-bond donors (Lipinski definition) is 10. The van der Waals surface area contributed by atoms with Crippen molar-refractivity contribution >= 4 is 5.78 Å². The minimum atomic E-state index is -2.46. The molecule has 0 aromatic carbocycles. The van der Waals surface area contributed by atoms with E-state index in [1.165, 1.54) is 0 Å². The second kappa shape index (κ2) is 10.3. The Morgan fingerprint density at radius 1 is 0.941 bits per heavy atom. The molecule has 0 amide bonds. The average molecular weight is 498 g/mol. The second-order valence-electron chi connectivity index (χ2n) is 8.42. The van der Waals surface area contributed by atoms with E-state index in [4.69, 9.17) is 24.1 Å². The van der Waals surface area contributed by atoms with Gasteiger partial charge >= 0.3 is 0 Å². The standard InChI is InChI=1S/C19H30O15/c20-2-9(25)7-1-8(24)15(12(7)26)34-19(6-23)17(30)14(28)11(33-19)4-31-18(5-22)16(29)13(27)10(3-21)32-18/h7,9-11,13-14,16-17,20-23,25-30H,1-6H2/t7?,9?,10-,11-,13?,14?,16-,17-,18-,19+/m1/s1. The lowest BCUT2D eigenvalue weighted by atomic mass is 10.0. The van der Waals surface area contributed by atoms with Crippen molar-refractivity contribution in [2.45, 2.75) is 60.7 Å². The smallest absolute Gasteiger partial charge is 0.263 e. The molecule has 15 nitrogen and oxygen atoms in total. The van der Waals surface area contributed by atoms with Crippen LogP contribution in [0, 0.1) is 5.92 Å². The maximum atomic E-state index is 12.3. The van der Waals surface area contributed by atoms with Crippen molar-refractivity contribution < 1.29 is 74.8 Å². The molecule has 2 aliphatic heterocycles. The fraction of sp³-hybridized carbons (Fsp3) is 0.842. The van der Waals surface area contributed by atoms with Gasteiger partial charge in [0, 0.05) is 6.42 Å². The normalized spacial score (nSPS) is 43.7. The molecule has 3 aliphatic rings. The van der Waals surface area contributed by atoms with Gasteiger partial charge in [0.05, 0.1) is 31.8 Å². The van der Waals surface area contributed by atoms with Crippen LogP contribution < -0.4 is 0 Å². The first-order valence-corrected chi connectivity index (χ1v) is 10.5. The molecule has 0 aromatic heterocycles. The van der Waals surface area contributed by atoms with Gasteiger partial charge in [0.25, 0.3) is 5.79 Å². The number of allylic oxidation sites excluding steroid dienone is 1. The highest BCUT2D eigenvalue weighted by atomic mass is 16.8. The van der Waals surface area contributed by atoms with E-state index in [0.29, 0.717) is 0 Å². The first kappa shape index (κ1) is 27.1. The molecule has 2 saturated heterocycles. The van der Waals surface area contributed by atoms with Crippen LogP contribution in [-0.4, -0.2) is 144 Å². The zero-order chi connectivity index (χ0) is 25.4. The van der Waals surface area contributed by atoms with Crippen molar-refractivity contribution in [2.75, 3.05) is 33.0 Å². The van der Waals surface area contributed by atoms with Gasteiger partial charge in [0.2, 0.25) is 17.3 Å². The Morgan fingerprint density at radius 2 is 1.50 bits per heavy atom. The lowest BCUT2D eigenvalue weighted by Crippen LogP contribution is -2.50. The van der Waals surface area contributed by atoms with Crippen LogP contribution >= 0.6 is 0 Å². The van der Waals surface area contributed by atoms with Crippen LogP contribution in [0.15, 0.2) is 11.5 Å². The molecule has 4 unspecified atom stereocenters. The molecule has 3 rings (SSSR count). The van der Waals surface area contributed by atoms with E-state index < -0.39 is 117 Å². The molecule has 34 heavy (non-hydrogen) atoms. The molecular formula is C19H30O15. The number of carbonyl (C=O) groups is 1. The number of carbonyl (C=O) groups excluding carboxylic acids is 1. The van der Waals surface area contributed by atoms with Crippen LogP contribution in [0.2, 0.25) is 0 Å². The summed E-state index contributed by atoms with van der Waals surface area (Å²) in [7, 11) is 0. The first-order valence-electron chi connectivity index (χ1n) is 10.5. The Bertz CT molecular complexity index is 775. The number of Topliss-reactive ketones (excluding diaryl/α,β-unsaturated/α-hetero) is 1. The second-order valence-corrected chi connectivity index (χ2v) is 8.42. The Morgan fingerprint density at radius 3 is 2.03 bits per heavy atom. The van der Waals surface area contributed by atoms with Crippen molar-refractivity contribution in [3.8, 4) is 0 Å². The van der Waals surface area contributed by atoms with Crippen molar-refractivity contribution in [2.24, 2.45) is 5.92 Å². The van der Waals surface area contributed by atoms with Crippen LogP contribution in [-0.2, 0) is 23.7 Å². The fourth-order valence-electron chi connectivity index (χ4n) is 4.19. The zero-order valence-corrected chi connectivity index (χ0v) is 17.9. The summed E-state index contributed by atoms with van der Waals surface area (Å²) >= 11 is 0. The van der Waals surface area contributed by atoms with Crippen LogP contribution in [0.1, 0.15) is 6.42 Å². The third-order valence-electron chi connectivity index (χ3n) is 6.29. The number of aliphatic hydroxyl groups is 10. The van der Waals surface area contributed by atoms with E-state index in [-0.39, 0.29) is 0 Å². The number of ketones is 1. The monoisotopic (exact) mass is 498 g/mol. The fourth-order valence-corrected chi connectivity index (χ4v) is 4.19. The van der Waals surface area contributed by atoms with Crippen molar-refractivity contribution in [3.05, 3.63) is 11.5 Å². The summed E-state index contributed by atoms with van der Waals surface area (Å²) in [6.45, 7) is -4.25. The Kier molecular flexibility index (Phi) is 8.18. The minimum absolute atomic E-state index is 0.432. The van der Waals surface area contributed by atoms with Crippen LogP contribution in [0.3, 0.4) is 0 Å². The van der Waals surface area contributed by atoms with Crippen LogP contribution in [0.5, 0.6) is 0 Å². The van der Waals surface area contributed by atoms with E-state index in [2.05, 4.69) is 0 Å². The summed E-state index contributed by atoms with van der Waals surface area (Å²) in [5.74, 6) is -8.16. The predicted molar refractivity (Wildman–Crippen MR) is 103 cm³/mol. The SMILES string of the molecule is O=C1CC(C(O)CO)C(O)=C1O[C@]1(CO)O[C@H](CO[C@]2(CO)O[C@H](CO)C(O)[C@H]2O)C(O)[C@H]1O. The summed E-state index contributed by atoms with van der Waals surface area (Å²) in [5, 5.41) is 98.9. The number of aliphatic hydroxyl groups excluding tert-OH is 10. The summed E-state index contributed by atoms with van der Waals surface area (Å²) in [4.78, 5) is 12.3. The maximum Gasteiger partial charge on any atom is 0.263 e. The van der Waals surface area contributed by atoms with Gasteiger partial charge in [-0.15, -0.1) is 0 Å². The molecule has 0 aromatic rings. The molecule has 0 radical (unpaired) electrons. The number of rotatable bonds is 10. The highest BCUT2D eigenvalue weighted by Gasteiger charge is 2.60. The molecule has 1 aliphatic carbocycles.